The van der Waals surface area contributed by atoms with E-state index in [4.69, 9.17) is 22.7 Å². The molecule has 0 aliphatic rings. The first-order valence-electron chi connectivity index (χ1n) is 6.39. The largest absolute Gasteiger partial charge is 0.457 e. The molecule has 0 amide bonds. The molecule has 0 unspecified atom stereocenters. The van der Waals surface area contributed by atoms with Gasteiger partial charge in [0.05, 0.1) is 5.56 Å². The monoisotopic (exact) mass is 303 g/mol. The number of benzene rings is 2. The predicted molar refractivity (Wildman–Crippen MR) is 90.0 cm³/mol. The normalized spacial score (nSPS) is 10.3. The molecule has 4 heteroatoms. The Morgan fingerprint density at radius 3 is 2.65 bits per heavy atom. The molecule has 104 valence electrons. The van der Waals surface area contributed by atoms with E-state index in [2.05, 4.69) is 13.0 Å². The summed E-state index contributed by atoms with van der Waals surface area (Å²) in [6.45, 7) is 2.12. The van der Waals surface area contributed by atoms with Crippen molar-refractivity contribution in [2.75, 3.05) is 6.26 Å². The molecule has 2 aromatic carbocycles. The lowest BCUT2D eigenvalue weighted by Gasteiger charge is -2.13. The van der Waals surface area contributed by atoms with E-state index in [0.29, 0.717) is 10.7 Å². The molecule has 0 saturated carbocycles. The molecule has 20 heavy (non-hydrogen) atoms. The third kappa shape index (κ3) is 3.32. The zero-order valence-electron chi connectivity index (χ0n) is 11.6. The van der Waals surface area contributed by atoms with Gasteiger partial charge in [-0.3, -0.25) is 0 Å². The number of rotatable bonds is 5. The highest BCUT2D eigenvalue weighted by Gasteiger charge is 2.12. The second-order valence-corrected chi connectivity index (χ2v) is 5.59. The van der Waals surface area contributed by atoms with Crippen LogP contribution < -0.4 is 10.5 Å². The molecule has 2 nitrogen and oxygen atoms in total. The third-order valence-electron chi connectivity index (χ3n) is 2.99. The summed E-state index contributed by atoms with van der Waals surface area (Å²) in [6.07, 6.45) is 2.98. The van der Waals surface area contributed by atoms with Gasteiger partial charge in [-0.25, -0.2) is 0 Å². The minimum atomic E-state index is 0.358. The second kappa shape index (κ2) is 6.77. The van der Waals surface area contributed by atoms with E-state index < -0.39 is 0 Å². The van der Waals surface area contributed by atoms with Gasteiger partial charge in [0.2, 0.25) is 0 Å². The van der Waals surface area contributed by atoms with Gasteiger partial charge >= 0.3 is 0 Å². The standard InChI is InChI=1S/C16H17NOS2/c1-3-11-6-4-7-12(10-11)18-13-8-5-9-14(20-2)15(13)16(17)19/h4-10H,3H2,1-2H3,(H2,17,19). The number of thiocarbonyl (C=S) groups is 1. The summed E-state index contributed by atoms with van der Waals surface area (Å²) in [5, 5.41) is 0. The molecular formula is C16H17NOS2. The van der Waals surface area contributed by atoms with Gasteiger partial charge in [0.15, 0.2) is 0 Å². The number of ether oxygens (including phenoxy) is 1. The average molecular weight is 303 g/mol. The molecule has 0 aliphatic heterocycles. The Bertz CT molecular complexity index is 626. The number of nitrogens with two attached hydrogens (primary N) is 1. The quantitative estimate of drug-likeness (QED) is 0.656. The van der Waals surface area contributed by atoms with E-state index in [1.807, 2.05) is 42.7 Å². The van der Waals surface area contributed by atoms with Crippen molar-refractivity contribution in [2.24, 2.45) is 5.73 Å². The van der Waals surface area contributed by atoms with Crippen LogP contribution in [-0.2, 0) is 6.42 Å². The molecule has 0 fully saturated rings. The maximum absolute atomic E-state index is 5.97. The summed E-state index contributed by atoms with van der Waals surface area (Å²) in [5.41, 5.74) is 7.88. The van der Waals surface area contributed by atoms with E-state index in [0.717, 1.165) is 22.6 Å². The van der Waals surface area contributed by atoms with E-state index in [1.54, 1.807) is 11.8 Å². The summed E-state index contributed by atoms with van der Waals surface area (Å²) in [7, 11) is 0. The fourth-order valence-corrected chi connectivity index (χ4v) is 2.87. The maximum atomic E-state index is 5.97. The number of hydrogen-bond acceptors (Lipinski definition) is 3. The Balaban J connectivity index is 2.40. The molecule has 0 aromatic heterocycles. The summed E-state index contributed by atoms with van der Waals surface area (Å²) in [4.78, 5) is 1.39. The molecule has 2 rings (SSSR count). The third-order valence-corrected chi connectivity index (χ3v) is 3.97. The minimum absolute atomic E-state index is 0.358. The highest BCUT2D eigenvalue weighted by atomic mass is 32.2. The lowest BCUT2D eigenvalue weighted by molar-refractivity contribution is 0.479. The molecular weight excluding hydrogens is 286 g/mol. The lowest BCUT2D eigenvalue weighted by Crippen LogP contribution is -2.12. The highest BCUT2D eigenvalue weighted by Crippen LogP contribution is 2.32. The fraction of sp³-hybridized carbons (Fsp3) is 0.188. The number of aryl methyl sites for hydroxylation is 1. The summed E-state index contributed by atoms with van der Waals surface area (Å²) >= 11 is 6.76. The number of thioether (sulfide) groups is 1. The average Bonchev–Trinajstić information content (AvgIpc) is 2.46. The Kier molecular flexibility index (Phi) is 5.04. The summed E-state index contributed by atoms with van der Waals surface area (Å²) in [5.74, 6) is 1.51. The molecule has 0 bridgehead atoms. The van der Waals surface area contributed by atoms with Crippen molar-refractivity contribution in [1.82, 2.24) is 0 Å². The van der Waals surface area contributed by atoms with Gasteiger partial charge in [-0.1, -0.05) is 37.3 Å². The first-order chi connectivity index (χ1) is 9.65. The predicted octanol–water partition coefficient (Wildman–Crippen LogP) is 4.40. The van der Waals surface area contributed by atoms with Crippen LogP contribution in [0, 0.1) is 0 Å². The molecule has 0 atom stereocenters. The van der Waals surface area contributed by atoms with Crippen molar-refractivity contribution >= 4 is 29.0 Å². The van der Waals surface area contributed by atoms with Crippen molar-refractivity contribution in [1.29, 1.82) is 0 Å². The second-order valence-electron chi connectivity index (χ2n) is 4.30. The van der Waals surface area contributed by atoms with Gasteiger partial charge in [-0.15, -0.1) is 11.8 Å². The van der Waals surface area contributed by atoms with Crippen molar-refractivity contribution in [3.8, 4) is 11.5 Å². The Hall–Kier alpha value is -1.52. The van der Waals surface area contributed by atoms with Crippen LogP contribution >= 0.6 is 24.0 Å². The van der Waals surface area contributed by atoms with E-state index in [1.165, 1.54) is 5.56 Å². The first kappa shape index (κ1) is 14.9. The van der Waals surface area contributed by atoms with Crippen molar-refractivity contribution in [2.45, 2.75) is 18.2 Å². The summed E-state index contributed by atoms with van der Waals surface area (Å²) < 4.78 is 5.97. The van der Waals surface area contributed by atoms with Crippen molar-refractivity contribution in [3.63, 3.8) is 0 Å². The van der Waals surface area contributed by atoms with Gasteiger partial charge in [0.1, 0.15) is 16.5 Å². The van der Waals surface area contributed by atoms with Crippen LogP contribution in [0.3, 0.4) is 0 Å². The van der Waals surface area contributed by atoms with E-state index in [-0.39, 0.29) is 0 Å². The molecule has 0 spiro atoms. The lowest BCUT2D eigenvalue weighted by atomic mass is 10.1. The molecule has 0 radical (unpaired) electrons. The van der Waals surface area contributed by atoms with Gasteiger partial charge in [-0.05, 0) is 42.5 Å². The zero-order chi connectivity index (χ0) is 14.5. The minimum Gasteiger partial charge on any atom is -0.457 e. The van der Waals surface area contributed by atoms with Gasteiger partial charge in [-0.2, -0.15) is 0 Å². The van der Waals surface area contributed by atoms with Crippen LogP contribution in [0.4, 0.5) is 0 Å². The molecule has 0 heterocycles. The topological polar surface area (TPSA) is 35.2 Å². The van der Waals surface area contributed by atoms with Gasteiger partial charge in [0, 0.05) is 4.90 Å². The maximum Gasteiger partial charge on any atom is 0.138 e. The molecule has 2 aromatic rings. The van der Waals surface area contributed by atoms with E-state index >= 15 is 0 Å². The van der Waals surface area contributed by atoms with Crippen LogP contribution in [0.15, 0.2) is 47.4 Å². The SMILES string of the molecule is CCc1cccc(Oc2cccc(SC)c2C(N)=S)c1. The summed E-state index contributed by atoms with van der Waals surface area (Å²) in [6, 6.07) is 13.9. The Morgan fingerprint density at radius 1 is 1.25 bits per heavy atom. The molecule has 0 saturated heterocycles. The molecule has 0 aliphatic carbocycles. The van der Waals surface area contributed by atoms with Crippen LogP contribution in [0.1, 0.15) is 18.1 Å². The van der Waals surface area contributed by atoms with Crippen LogP contribution in [0.25, 0.3) is 0 Å². The van der Waals surface area contributed by atoms with Gasteiger partial charge < -0.3 is 10.5 Å². The smallest absolute Gasteiger partial charge is 0.138 e. The van der Waals surface area contributed by atoms with Gasteiger partial charge in [0.25, 0.3) is 0 Å². The Morgan fingerprint density at radius 2 is 2.00 bits per heavy atom. The van der Waals surface area contributed by atoms with Crippen molar-refractivity contribution < 1.29 is 4.74 Å². The highest BCUT2D eigenvalue weighted by molar-refractivity contribution is 7.98. The van der Waals surface area contributed by atoms with Crippen LogP contribution in [0.5, 0.6) is 11.5 Å². The first-order valence-corrected chi connectivity index (χ1v) is 8.02. The molecule has 2 N–H and O–H groups in total. The Labute approximate surface area is 129 Å². The fourth-order valence-electron chi connectivity index (χ4n) is 1.96. The van der Waals surface area contributed by atoms with Crippen molar-refractivity contribution in [3.05, 3.63) is 53.6 Å². The van der Waals surface area contributed by atoms with Crippen LogP contribution in [-0.4, -0.2) is 11.2 Å². The zero-order valence-corrected chi connectivity index (χ0v) is 13.2. The number of hydrogen-bond donors (Lipinski definition) is 1. The van der Waals surface area contributed by atoms with E-state index in [9.17, 15) is 0 Å². The van der Waals surface area contributed by atoms with Crippen LogP contribution in [0.2, 0.25) is 0 Å².